The van der Waals surface area contributed by atoms with Crippen LogP contribution in [0.1, 0.15) is 25.3 Å². The average molecular weight is 496 g/mol. The van der Waals surface area contributed by atoms with Crippen molar-refractivity contribution in [1.82, 2.24) is 9.88 Å². The predicted octanol–water partition coefficient (Wildman–Crippen LogP) is 6.91. The molecular formula is C28H31ClFN3O2. The summed E-state index contributed by atoms with van der Waals surface area (Å²) >= 11 is 6.24. The topological polar surface area (TPSA) is 46.6 Å². The van der Waals surface area contributed by atoms with E-state index in [9.17, 15) is 4.39 Å². The normalized spacial score (nSPS) is 11.4. The van der Waals surface area contributed by atoms with Gasteiger partial charge in [0.1, 0.15) is 17.3 Å². The molecule has 4 aromatic rings. The summed E-state index contributed by atoms with van der Waals surface area (Å²) in [5, 5.41) is 6.33. The Hall–Kier alpha value is -3.09. The van der Waals surface area contributed by atoms with Gasteiger partial charge in [-0.25, -0.2) is 9.37 Å². The van der Waals surface area contributed by atoms with Crippen LogP contribution >= 0.6 is 11.6 Å². The number of nitrogens with zero attached hydrogens (tertiary/aromatic N) is 2. The third-order valence-electron chi connectivity index (χ3n) is 6.07. The Balaban J connectivity index is 1.52. The number of pyridine rings is 1. The lowest BCUT2D eigenvalue weighted by atomic mass is 10.1. The molecule has 0 fully saturated rings. The maximum atomic E-state index is 13.8. The maximum Gasteiger partial charge on any atom is 0.123 e. The number of hydrogen-bond donors (Lipinski definition) is 1. The van der Waals surface area contributed by atoms with Crippen molar-refractivity contribution < 1.29 is 13.9 Å². The summed E-state index contributed by atoms with van der Waals surface area (Å²) < 4.78 is 24.7. The zero-order valence-corrected chi connectivity index (χ0v) is 21.2. The lowest BCUT2D eigenvalue weighted by molar-refractivity contribution is 0.260. The molecule has 0 aliphatic carbocycles. The molecule has 0 bridgehead atoms. The molecule has 1 N–H and O–H groups in total. The van der Waals surface area contributed by atoms with E-state index in [4.69, 9.17) is 26.1 Å². The first-order valence-corrected chi connectivity index (χ1v) is 12.3. The van der Waals surface area contributed by atoms with Crippen molar-refractivity contribution >= 4 is 39.1 Å². The number of rotatable bonds is 11. The summed E-state index contributed by atoms with van der Waals surface area (Å²) in [4.78, 5) is 7.13. The van der Waals surface area contributed by atoms with E-state index in [-0.39, 0.29) is 5.82 Å². The second-order valence-electron chi connectivity index (χ2n) is 8.54. The van der Waals surface area contributed by atoms with E-state index < -0.39 is 0 Å². The molecule has 1 heterocycles. The summed E-state index contributed by atoms with van der Waals surface area (Å²) in [7, 11) is 3.29. The fraction of sp³-hybridized carbons (Fsp3) is 0.321. The zero-order chi connectivity index (χ0) is 24.8. The van der Waals surface area contributed by atoms with Gasteiger partial charge in [0.15, 0.2) is 0 Å². The Morgan fingerprint density at radius 1 is 0.943 bits per heavy atom. The highest BCUT2D eigenvalue weighted by atomic mass is 35.5. The molecule has 0 aliphatic heterocycles. The van der Waals surface area contributed by atoms with Gasteiger partial charge in [-0.15, -0.1) is 0 Å². The number of benzene rings is 3. The second-order valence-corrected chi connectivity index (χ2v) is 8.98. The van der Waals surface area contributed by atoms with Crippen LogP contribution in [0.15, 0.2) is 54.6 Å². The lowest BCUT2D eigenvalue weighted by Crippen LogP contribution is -2.27. The van der Waals surface area contributed by atoms with Gasteiger partial charge in [0.05, 0.1) is 30.9 Å². The van der Waals surface area contributed by atoms with Gasteiger partial charge in [-0.05, 0) is 74.0 Å². The van der Waals surface area contributed by atoms with Crippen molar-refractivity contribution in [1.29, 1.82) is 0 Å². The van der Waals surface area contributed by atoms with Crippen LogP contribution in [0.2, 0.25) is 5.02 Å². The highest BCUT2D eigenvalue weighted by Crippen LogP contribution is 2.34. The SMILES string of the molecule is CCCN(CCCNc1c2ccc(Cl)cc2nc2ccc(OC)cc12)Cc1cc(F)ccc1OC. The number of fused-ring (bicyclic) bond motifs is 2. The minimum atomic E-state index is -0.245. The fourth-order valence-corrected chi connectivity index (χ4v) is 4.59. The molecule has 0 radical (unpaired) electrons. The van der Waals surface area contributed by atoms with Crippen LogP contribution in [0.25, 0.3) is 21.8 Å². The molecule has 4 rings (SSSR count). The average Bonchev–Trinajstić information content (AvgIpc) is 2.85. The molecule has 5 nitrogen and oxygen atoms in total. The van der Waals surface area contributed by atoms with Crippen molar-refractivity contribution in [3.63, 3.8) is 0 Å². The van der Waals surface area contributed by atoms with Crippen LogP contribution in [0, 0.1) is 5.82 Å². The summed E-state index contributed by atoms with van der Waals surface area (Å²) in [6.07, 6.45) is 1.94. The highest BCUT2D eigenvalue weighted by Gasteiger charge is 2.13. The summed E-state index contributed by atoms with van der Waals surface area (Å²) in [5.41, 5.74) is 3.62. The van der Waals surface area contributed by atoms with Crippen molar-refractivity contribution in [2.45, 2.75) is 26.3 Å². The quantitative estimate of drug-likeness (QED) is 0.181. The minimum Gasteiger partial charge on any atom is -0.497 e. The first-order valence-electron chi connectivity index (χ1n) is 11.9. The third kappa shape index (κ3) is 5.95. The fourth-order valence-electron chi connectivity index (χ4n) is 4.43. The van der Waals surface area contributed by atoms with E-state index in [1.165, 1.54) is 6.07 Å². The van der Waals surface area contributed by atoms with Gasteiger partial charge in [-0.3, -0.25) is 4.90 Å². The molecule has 0 saturated heterocycles. The second kappa shape index (κ2) is 11.6. The standard InChI is InChI=1S/C28H31ClFN3O2/c1-4-13-33(18-19-15-21(30)7-11-27(19)35-3)14-5-12-31-28-23-9-6-20(29)16-26(23)32-25-10-8-22(34-2)17-24(25)28/h6-11,15-17H,4-5,12-14,18H2,1-3H3,(H,31,32). The maximum absolute atomic E-state index is 13.8. The van der Waals surface area contributed by atoms with Crippen LogP contribution in [-0.2, 0) is 6.54 Å². The van der Waals surface area contributed by atoms with Gasteiger partial charge in [-0.1, -0.05) is 18.5 Å². The molecule has 1 aromatic heterocycles. The smallest absolute Gasteiger partial charge is 0.123 e. The van der Waals surface area contributed by atoms with E-state index in [2.05, 4.69) is 17.1 Å². The number of halogens is 2. The van der Waals surface area contributed by atoms with Crippen molar-refractivity contribution in [2.75, 3.05) is 39.2 Å². The van der Waals surface area contributed by atoms with Crippen molar-refractivity contribution in [3.8, 4) is 11.5 Å². The lowest BCUT2D eigenvalue weighted by Gasteiger charge is -2.23. The molecule has 0 spiro atoms. The zero-order valence-electron chi connectivity index (χ0n) is 20.4. The number of nitrogens with one attached hydrogen (secondary N) is 1. The van der Waals surface area contributed by atoms with Gasteiger partial charge in [0.25, 0.3) is 0 Å². The molecular weight excluding hydrogens is 465 g/mol. The number of anilines is 1. The van der Waals surface area contributed by atoms with E-state index in [0.29, 0.717) is 17.3 Å². The van der Waals surface area contributed by atoms with Crippen LogP contribution in [0.3, 0.4) is 0 Å². The molecule has 184 valence electrons. The Kier molecular flexibility index (Phi) is 8.26. The van der Waals surface area contributed by atoms with Crippen LogP contribution < -0.4 is 14.8 Å². The van der Waals surface area contributed by atoms with Gasteiger partial charge in [-0.2, -0.15) is 0 Å². The Labute approximate surface area is 210 Å². The molecule has 0 amide bonds. The number of methoxy groups -OCH3 is 2. The third-order valence-corrected chi connectivity index (χ3v) is 6.31. The monoisotopic (exact) mass is 495 g/mol. The summed E-state index contributed by atoms with van der Waals surface area (Å²) in [6.45, 7) is 5.37. The van der Waals surface area contributed by atoms with E-state index in [0.717, 1.165) is 71.3 Å². The van der Waals surface area contributed by atoms with Crippen LogP contribution in [-0.4, -0.2) is 43.7 Å². The van der Waals surface area contributed by atoms with Crippen LogP contribution in [0.4, 0.5) is 10.1 Å². The molecule has 7 heteroatoms. The highest BCUT2D eigenvalue weighted by molar-refractivity contribution is 6.31. The van der Waals surface area contributed by atoms with Gasteiger partial charge < -0.3 is 14.8 Å². The van der Waals surface area contributed by atoms with Gasteiger partial charge >= 0.3 is 0 Å². The Morgan fingerprint density at radius 2 is 1.80 bits per heavy atom. The first kappa shape index (κ1) is 25.0. The van der Waals surface area contributed by atoms with Crippen molar-refractivity contribution in [3.05, 3.63) is 71.0 Å². The minimum absolute atomic E-state index is 0.245. The number of hydrogen-bond acceptors (Lipinski definition) is 5. The molecule has 0 atom stereocenters. The molecule has 0 aliphatic rings. The first-order chi connectivity index (χ1) is 17.0. The predicted molar refractivity (Wildman–Crippen MR) is 142 cm³/mol. The molecule has 0 saturated carbocycles. The Bertz CT molecular complexity index is 1310. The summed E-state index contributed by atoms with van der Waals surface area (Å²) in [5.74, 6) is 1.26. The van der Waals surface area contributed by atoms with E-state index in [1.54, 1.807) is 26.4 Å². The van der Waals surface area contributed by atoms with E-state index >= 15 is 0 Å². The van der Waals surface area contributed by atoms with Crippen molar-refractivity contribution in [2.24, 2.45) is 0 Å². The largest absolute Gasteiger partial charge is 0.497 e. The summed E-state index contributed by atoms with van der Waals surface area (Å²) in [6, 6.07) is 16.4. The van der Waals surface area contributed by atoms with E-state index in [1.807, 2.05) is 36.4 Å². The molecule has 0 unspecified atom stereocenters. The molecule has 35 heavy (non-hydrogen) atoms. The van der Waals surface area contributed by atoms with Crippen LogP contribution in [0.5, 0.6) is 11.5 Å². The number of aromatic nitrogens is 1. The number of ether oxygens (including phenoxy) is 2. The molecule has 3 aromatic carbocycles. The van der Waals surface area contributed by atoms with Gasteiger partial charge in [0.2, 0.25) is 0 Å². The Morgan fingerprint density at radius 3 is 2.57 bits per heavy atom. The van der Waals surface area contributed by atoms with Gasteiger partial charge in [0, 0.05) is 41.0 Å².